The summed E-state index contributed by atoms with van der Waals surface area (Å²) in [6.45, 7) is 2.42. The van der Waals surface area contributed by atoms with Crippen LogP contribution in [-0.2, 0) is 6.42 Å². The highest BCUT2D eigenvalue weighted by Crippen LogP contribution is 2.60. The number of benzene rings is 1. The fourth-order valence-electron chi connectivity index (χ4n) is 5.71. The lowest BCUT2D eigenvalue weighted by Crippen LogP contribution is -2.39. The van der Waals surface area contributed by atoms with Crippen LogP contribution in [-0.4, -0.2) is 18.3 Å². The number of aliphatic hydroxyl groups excluding tert-OH is 1. The Hall–Kier alpha value is -1.02. The Kier molecular flexibility index (Phi) is 3.08. The standard InChI is InChI=1S/C19H26O2/c1-19-8-7-16-15-6-4-14(21-2)9-12(15)3-5-17(16)18(19)10-13(20)11-19/h4,6,9,13,16-18,20H,3,5,7-8,10-11H2,1-2H3/t13-,16-,17-,18-,19+/m1/s1. The Balaban J connectivity index is 1.68. The lowest BCUT2D eigenvalue weighted by Gasteiger charge is -2.49. The molecule has 0 aromatic heterocycles. The van der Waals surface area contributed by atoms with Crippen LogP contribution in [0.4, 0.5) is 0 Å². The van der Waals surface area contributed by atoms with Crippen LogP contribution < -0.4 is 4.74 Å². The molecule has 2 heteroatoms. The van der Waals surface area contributed by atoms with Crippen molar-refractivity contribution in [2.75, 3.05) is 7.11 Å². The van der Waals surface area contributed by atoms with Crippen LogP contribution >= 0.6 is 0 Å². The van der Waals surface area contributed by atoms with E-state index in [-0.39, 0.29) is 6.10 Å². The Morgan fingerprint density at radius 1 is 1.29 bits per heavy atom. The highest BCUT2D eigenvalue weighted by Gasteiger charge is 2.52. The van der Waals surface area contributed by atoms with Gasteiger partial charge < -0.3 is 9.84 Å². The smallest absolute Gasteiger partial charge is 0.119 e. The predicted octanol–water partition coefficient (Wildman–Crippen LogP) is 3.91. The molecule has 0 amide bonds. The average Bonchev–Trinajstić information content (AvgIpc) is 2.80. The molecule has 2 nitrogen and oxygen atoms in total. The third-order valence-electron chi connectivity index (χ3n) is 6.68. The van der Waals surface area contributed by atoms with Crippen LogP contribution in [0.1, 0.15) is 56.1 Å². The molecule has 1 aromatic rings. The number of hydrogen-bond donors (Lipinski definition) is 1. The molecule has 3 aliphatic carbocycles. The molecule has 2 saturated carbocycles. The normalized spacial score (nSPS) is 41.1. The summed E-state index contributed by atoms with van der Waals surface area (Å²) in [7, 11) is 1.75. The molecule has 0 aliphatic heterocycles. The first-order chi connectivity index (χ1) is 10.1. The van der Waals surface area contributed by atoms with Gasteiger partial charge in [-0.25, -0.2) is 0 Å². The van der Waals surface area contributed by atoms with Gasteiger partial charge in [0.05, 0.1) is 13.2 Å². The second-order valence-corrected chi connectivity index (χ2v) is 7.77. The van der Waals surface area contributed by atoms with E-state index < -0.39 is 0 Å². The van der Waals surface area contributed by atoms with E-state index in [1.54, 1.807) is 12.7 Å². The number of rotatable bonds is 1. The van der Waals surface area contributed by atoms with Crippen LogP contribution in [0, 0.1) is 17.3 Å². The number of aliphatic hydroxyl groups is 1. The SMILES string of the molecule is COc1ccc2c(c1)CC[C@@H]1[C@@H]2CC[C@@]2(C)C[C@H](O)C[C@H]12. The van der Waals surface area contributed by atoms with Crippen LogP contribution in [0.3, 0.4) is 0 Å². The quantitative estimate of drug-likeness (QED) is 0.848. The average molecular weight is 286 g/mol. The van der Waals surface area contributed by atoms with E-state index in [0.717, 1.165) is 30.4 Å². The summed E-state index contributed by atoms with van der Waals surface area (Å²) >= 11 is 0. The number of ether oxygens (including phenoxy) is 1. The van der Waals surface area contributed by atoms with E-state index in [1.165, 1.54) is 31.2 Å². The van der Waals surface area contributed by atoms with Gasteiger partial charge in [0.15, 0.2) is 0 Å². The summed E-state index contributed by atoms with van der Waals surface area (Å²) in [5.41, 5.74) is 3.46. The number of methoxy groups -OCH3 is 1. The largest absolute Gasteiger partial charge is 0.497 e. The third kappa shape index (κ3) is 2.03. The molecule has 0 heterocycles. The number of hydrogen-bond acceptors (Lipinski definition) is 2. The highest BCUT2D eigenvalue weighted by molar-refractivity contribution is 5.40. The molecular weight excluding hydrogens is 260 g/mol. The van der Waals surface area contributed by atoms with Gasteiger partial charge in [0, 0.05) is 0 Å². The lowest BCUT2D eigenvalue weighted by molar-refractivity contribution is 0.0596. The zero-order valence-corrected chi connectivity index (χ0v) is 13.1. The molecule has 0 unspecified atom stereocenters. The molecule has 3 aliphatic rings. The van der Waals surface area contributed by atoms with Crippen molar-refractivity contribution < 1.29 is 9.84 Å². The summed E-state index contributed by atoms with van der Waals surface area (Å²) in [4.78, 5) is 0. The fraction of sp³-hybridized carbons (Fsp3) is 0.684. The van der Waals surface area contributed by atoms with E-state index in [0.29, 0.717) is 11.3 Å². The van der Waals surface area contributed by atoms with Crippen LogP contribution in [0.15, 0.2) is 18.2 Å². The Bertz CT molecular complexity index is 552. The van der Waals surface area contributed by atoms with Crippen molar-refractivity contribution in [2.45, 2.75) is 57.5 Å². The molecule has 0 saturated heterocycles. The zero-order valence-electron chi connectivity index (χ0n) is 13.1. The van der Waals surface area contributed by atoms with Gasteiger partial charge in [0.25, 0.3) is 0 Å². The van der Waals surface area contributed by atoms with Crippen molar-refractivity contribution in [1.29, 1.82) is 0 Å². The second-order valence-electron chi connectivity index (χ2n) is 7.77. The topological polar surface area (TPSA) is 29.5 Å². The molecule has 1 aromatic carbocycles. The minimum atomic E-state index is -0.0592. The minimum Gasteiger partial charge on any atom is -0.497 e. The molecule has 0 spiro atoms. The maximum atomic E-state index is 10.2. The summed E-state index contributed by atoms with van der Waals surface area (Å²) in [5.74, 6) is 3.20. The van der Waals surface area contributed by atoms with Gasteiger partial charge in [-0.1, -0.05) is 13.0 Å². The maximum absolute atomic E-state index is 10.2. The van der Waals surface area contributed by atoms with Gasteiger partial charge in [-0.15, -0.1) is 0 Å². The highest BCUT2D eigenvalue weighted by atomic mass is 16.5. The van der Waals surface area contributed by atoms with E-state index >= 15 is 0 Å². The third-order valence-corrected chi connectivity index (χ3v) is 6.68. The Morgan fingerprint density at radius 2 is 2.14 bits per heavy atom. The van der Waals surface area contributed by atoms with Crippen LogP contribution in [0.5, 0.6) is 5.75 Å². The fourth-order valence-corrected chi connectivity index (χ4v) is 5.71. The number of aryl methyl sites for hydroxylation is 1. The van der Waals surface area contributed by atoms with Gasteiger partial charge in [0.1, 0.15) is 5.75 Å². The van der Waals surface area contributed by atoms with Crippen molar-refractivity contribution in [3.63, 3.8) is 0 Å². The van der Waals surface area contributed by atoms with E-state index in [4.69, 9.17) is 4.74 Å². The van der Waals surface area contributed by atoms with Crippen LogP contribution in [0.2, 0.25) is 0 Å². The van der Waals surface area contributed by atoms with Gasteiger partial charge in [0.2, 0.25) is 0 Å². The van der Waals surface area contributed by atoms with Gasteiger partial charge in [-0.05, 0) is 85.0 Å². The van der Waals surface area contributed by atoms with Crippen molar-refractivity contribution in [2.24, 2.45) is 17.3 Å². The van der Waals surface area contributed by atoms with Crippen molar-refractivity contribution in [3.8, 4) is 5.75 Å². The summed E-state index contributed by atoms with van der Waals surface area (Å²) in [6, 6.07) is 6.67. The molecule has 0 bridgehead atoms. The zero-order chi connectivity index (χ0) is 14.6. The molecule has 2 fully saturated rings. The first kappa shape index (κ1) is 13.6. The molecule has 5 atom stereocenters. The van der Waals surface area contributed by atoms with E-state index in [9.17, 15) is 5.11 Å². The first-order valence-corrected chi connectivity index (χ1v) is 8.45. The van der Waals surface area contributed by atoms with Gasteiger partial charge in [-0.2, -0.15) is 0 Å². The molecular formula is C19H26O2. The maximum Gasteiger partial charge on any atom is 0.119 e. The first-order valence-electron chi connectivity index (χ1n) is 8.45. The minimum absolute atomic E-state index is 0.0592. The monoisotopic (exact) mass is 286 g/mol. The molecule has 1 N–H and O–H groups in total. The molecule has 114 valence electrons. The second kappa shape index (κ2) is 4.74. The summed E-state index contributed by atoms with van der Waals surface area (Å²) in [6.07, 6.45) is 7.04. The number of fused-ring (bicyclic) bond motifs is 5. The van der Waals surface area contributed by atoms with Gasteiger partial charge in [-0.3, -0.25) is 0 Å². The van der Waals surface area contributed by atoms with Crippen molar-refractivity contribution in [1.82, 2.24) is 0 Å². The Labute approximate surface area is 127 Å². The van der Waals surface area contributed by atoms with Crippen molar-refractivity contribution >= 4 is 0 Å². The summed E-state index contributed by atoms with van der Waals surface area (Å²) in [5, 5.41) is 10.2. The van der Waals surface area contributed by atoms with Crippen LogP contribution in [0.25, 0.3) is 0 Å². The predicted molar refractivity (Wildman–Crippen MR) is 83.6 cm³/mol. The molecule has 4 rings (SSSR count). The van der Waals surface area contributed by atoms with E-state index in [2.05, 4.69) is 25.1 Å². The lowest BCUT2D eigenvalue weighted by atomic mass is 9.56. The van der Waals surface area contributed by atoms with E-state index in [1.807, 2.05) is 0 Å². The van der Waals surface area contributed by atoms with Gasteiger partial charge >= 0.3 is 0 Å². The van der Waals surface area contributed by atoms with Crippen molar-refractivity contribution in [3.05, 3.63) is 29.3 Å². The molecule has 0 radical (unpaired) electrons. The molecule has 21 heavy (non-hydrogen) atoms. The summed E-state index contributed by atoms with van der Waals surface area (Å²) < 4.78 is 5.38. The Morgan fingerprint density at radius 3 is 2.95 bits per heavy atom.